The first-order valence-electron chi connectivity index (χ1n) is 4.76. The number of hydrogen-bond acceptors (Lipinski definition) is 1. The maximum absolute atomic E-state index is 13.7. The maximum atomic E-state index is 13.7. The molecule has 0 saturated carbocycles. The maximum Gasteiger partial charge on any atom is 0.131 e. The summed E-state index contributed by atoms with van der Waals surface area (Å²) in [5, 5.41) is 9.63. The van der Waals surface area contributed by atoms with Crippen molar-refractivity contribution in [2.45, 2.75) is 0 Å². The number of halogens is 3. The molecule has 0 fully saturated rings. The van der Waals surface area contributed by atoms with Gasteiger partial charge < -0.3 is 0 Å². The Hall–Kier alpha value is -1.56. The van der Waals surface area contributed by atoms with Crippen LogP contribution in [0.1, 0.15) is 5.56 Å². The fraction of sp³-hybridized carbons (Fsp3) is 0. The summed E-state index contributed by atoms with van der Waals surface area (Å²) in [6.07, 6.45) is 0. The molecule has 4 heteroatoms. The van der Waals surface area contributed by atoms with Crippen LogP contribution in [-0.2, 0) is 0 Å². The van der Waals surface area contributed by atoms with Gasteiger partial charge in [0.25, 0.3) is 0 Å². The van der Waals surface area contributed by atoms with E-state index in [9.17, 15) is 4.39 Å². The highest BCUT2D eigenvalue weighted by molar-refractivity contribution is 6.35. The van der Waals surface area contributed by atoms with E-state index in [0.717, 1.165) is 0 Å². The summed E-state index contributed by atoms with van der Waals surface area (Å²) in [6, 6.07) is 10.9. The van der Waals surface area contributed by atoms with Crippen molar-refractivity contribution in [1.29, 1.82) is 5.26 Å². The van der Waals surface area contributed by atoms with Crippen molar-refractivity contribution in [2.75, 3.05) is 0 Å². The van der Waals surface area contributed by atoms with Crippen molar-refractivity contribution in [3.8, 4) is 17.2 Å². The topological polar surface area (TPSA) is 23.8 Å². The van der Waals surface area contributed by atoms with Crippen molar-refractivity contribution in [2.24, 2.45) is 0 Å². The normalized spacial score (nSPS) is 10.0. The minimum atomic E-state index is -0.415. The Kier molecular flexibility index (Phi) is 3.33. The molecule has 0 N–H and O–H groups in total. The number of rotatable bonds is 1. The zero-order valence-corrected chi connectivity index (χ0v) is 10.1. The van der Waals surface area contributed by atoms with E-state index in [1.54, 1.807) is 18.2 Å². The molecule has 0 heterocycles. The summed E-state index contributed by atoms with van der Waals surface area (Å²) in [5.41, 5.74) is 1.25. The minimum absolute atomic E-state index is 0.313. The molecule has 0 aromatic heterocycles. The summed E-state index contributed by atoms with van der Waals surface area (Å²) < 4.78 is 13.7. The summed E-state index contributed by atoms with van der Waals surface area (Å²) in [4.78, 5) is 0. The van der Waals surface area contributed by atoms with Gasteiger partial charge in [-0.05, 0) is 42.0 Å². The van der Waals surface area contributed by atoms with E-state index in [2.05, 4.69) is 0 Å². The quantitative estimate of drug-likeness (QED) is 0.735. The fourth-order valence-corrected chi connectivity index (χ4v) is 2.05. The van der Waals surface area contributed by atoms with Crippen LogP contribution in [0.5, 0.6) is 0 Å². The van der Waals surface area contributed by atoms with Crippen molar-refractivity contribution in [3.63, 3.8) is 0 Å². The van der Waals surface area contributed by atoms with Crippen LogP contribution in [0.15, 0.2) is 36.4 Å². The lowest BCUT2D eigenvalue weighted by atomic mass is 10.0. The lowest BCUT2D eigenvalue weighted by Gasteiger charge is -2.05. The highest BCUT2D eigenvalue weighted by Crippen LogP contribution is 2.29. The zero-order chi connectivity index (χ0) is 12.4. The second-order valence-electron chi connectivity index (χ2n) is 3.46. The minimum Gasteiger partial charge on any atom is -0.206 e. The lowest BCUT2D eigenvalue weighted by molar-refractivity contribution is 0.631. The van der Waals surface area contributed by atoms with E-state index in [0.29, 0.717) is 26.7 Å². The number of nitriles is 1. The predicted octanol–water partition coefficient (Wildman–Crippen LogP) is 4.67. The van der Waals surface area contributed by atoms with Gasteiger partial charge in [-0.2, -0.15) is 5.26 Å². The van der Waals surface area contributed by atoms with Gasteiger partial charge in [0.15, 0.2) is 0 Å². The highest BCUT2D eigenvalue weighted by atomic mass is 35.5. The molecule has 0 atom stereocenters. The standard InChI is InChI=1S/C13H6Cl2FN/c14-10-4-9(5-11(15)6-10)12-3-8(7-17)1-2-13(12)16/h1-6H. The van der Waals surface area contributed by atoms with Gasteiger partial charge in [0, 0.05) is 15.6 Å². The number of nitrogens with zero attached hydrogens (tertiary/aromatic N) is 1. The molecule has 2 aromatic carbocycles. The van der Waals surface area contributed by atoms with Gasteiger partial charge in [-0.15, -0.1) is 0 Å². The van der Waals surface area contributed by atoms with Crippen molar-refractivity contribution in [1.82, 2.24) is 0 Å². The van der Waals surface area contributed by atoms with Gasteiger partial charge in [0.1, 0.15) is 5.82 Å². The van der Waals surface area contributed by atoms with Gasteiger partial charge in [-0.3, -0.25) is 0 Å². The second kappa shape index (κ2) is 4.75. The van der Waals surface area contributed by atoms with Crippen molar-refractivity contribution in [3.05, 3.63) is 57.8 Å². The van der Waals surface area contributed by atoms with Crippen LogP contribution in [0.3, 0.4) is 0 Å². The molecule has 0 bridgehead atoms. The zero-order valence-electron chi connectivity index (χ0n) is 8.55. The molecule has 0 amide bonds. The molecule has 0 spiro atoms. The molecule has 0 unspecified atom stereocenters. The highest BCUT2D eigenvalue weighted by Gasteiger charge is 2.08. The van der Waals surface area contributed by atoms with Crippen LogP contribution in [0.25, 0.3) is 11.1 Å². The third-order valence-electron chi connectivity index (χ3n) is 2.27. The Morgan fingerprint density at radius 3 is 2.24 bits per heavy atom. The third kappa shape index (κ3) is 2.58. The first kappa shape index (κ1) is 11.9. The first-order chi connectivity index (χ1) is 8.10. The van der Waals surface area contributed by atoms with Gasteiger partial charge in [-0.1, -0.05) is 23.2 Å². The molecule has 0 radical (unpaired) electrons. The Morgan fingerprint density at radius 1 is 1.00 bits per heavy atom. The Balaban J connectivity index is 2.63. The fourth-order valence-electron chi connectivity index (χ4n) is 1.53. The van der Waals surface area contributed by atoms with Crippen molar-refractivity contribution >= 4 is 23.2 Å². The van der Waals surface area contributed by atoms with E-state index in [1.807, 2.05) is 6.07 Å². The molecule has 2 aromatic rings. The van der Waals surface area contributed by atoms with Gasteiger partial charge in [0.2, 0.25) is 0 Å². The van der Waals surface area contributed by atoms with Crippen LogP contribution in [0, 0.1) is 17.1 Å². The van der Waals surface area contributed by atoms with Crippen LogP contribution in [-0.4, -0.2) is 0 Å². The van der Waals surface area contributed by atoms with Gasteiger partial charge in [0.05, 0.1) is 11.6 Å². The molecular weight excluding hydrogens is 260 g/mol. The van der Waals surface area contributed by atoms with Crippen LogP contribution >= 0.6 is 23.2 Å². The van der Waals surface area contributed by atoms with Crippen LogP contribution in [0.4, 0.5) is 4.39 Å². The largest absolute Gasteiger partial charge is 0.206 e. The van der Waals surface area contributed by atoms with Crippen LogP contribution < -0.4 is 0 Å². The number of benzene rings is 2. The smallest absolute Gasteiger partial charge is 0.131 e. The Bertz CT molecular complexity index is 597. The molecule has 17 heavy (non-hydrogen) atoms. The summed E-state index contributed by atoms with van der Waals surface area (Å²) in [7, 11) is 0. The summed E-state index contributed by atoms with van der Waals surface area (Å²) >= 11 is 11.7. The molecule has 0 aliphatic carbocycles. The lowest BCUT2D eigenvalue weighted by Crippen LogP contribution is -1.86. The average molecular weight is 266 g/mol. The first-order valence-corrected chi connectivity index (χ1v) is 5.52. The molecule has 0 aliphatic rings. The SMILES string of the molecule is N#Cc1ccc(F)c(-c2cc(Cl)cc(Cl)c2)c1. The van der Waals surface area contributed by atoms with Crippen LogP contribution in [0.2, 0.25) is 10.0 Å². The molecule has 1 nitrogen and oxygen atoms in total. The van der Waals surface area contributed by atoms with Gasteiger partial charge in [-0.25, -0.2) is 4.39 Å². The average Bonchev–Trinajstić information content (AvgIpc) is 2.28. The number of hydrogen-bond donors (Lipinski definition) is 0. The van der Waals surface area contributed by atoms with Crippen molar-refractivity contribution < 1.29 is 4.39 Å². The monoisotopic (exact) mass is 265 g/mol. The molecule has 0 saturated heterocycles. The van der Waals surface area contributed by atoms with E-state index >= 15 is 0 Å². The molecular formula is C13H6Cl2FN. The van der Waals surface area contributed by atoms with Gasteiger partial charge >= 0.3 is 0 Å². The Morgan fingerprint density at radius 2 is 1.65 bits per heavy atom. The van der Waals surface area contributed by atoms with E-state index in [1.165, 1.54) is 18.2 Å². The molecule has 84 valence electrons. The second-order valence-corrected chi connectivity index (χ2v) is 4.34. The predicted molar refractivity (Wildman–Crippen MR) is 66.6 cm³/mol. The van der Waals surface area contributed by atoms with E-state index < -0.39 is 5.82 Å². The summed E-state index contributed by atoms with van der Waals surface area (Å²) in [5.74, 6) is -0.415. The van der Waals surface area contributed by atoms with E-state index in [-0.39, 0.29) is 0 Å². The Labute approximate surface area is 108 Å². The summed E-state index contributed by atoms with van der Waals surface area (Å²) in [6.45, 7) is 0. The third-order valence-corrected chi connectivity index (χ3v) is 2.71. The molecule has 2 rings (SSSR count). The van der Waals surface area contributed by atoms with E-state index in [4.69, 9.17) is 28.5 Å². The molecule has 0 aliphatic heterocycles.